The third kappa shape index (κ3) is 3.67. The molecule has 7 heteroatoms. The predicted molar refractivity (Wildman–Crippen MR) is 112 cm³/mol. The molecule has 0 spiro atoms. The van der Waals surface area contributed by atoms with Gasteiger partial charge in [-0.3, -0.25) is 10.1 Å². The summed E-state index contributed by atoms with van der Waals surface area (Å²) in [5.41, 5.74) is 7.32. The molecule has 0 bridgehead atoms. The van der Waals surface area contributed by atoms with Crippen LogP contribution in [0.1, 0.15) is 16.7 Å². The lowest BCUT2D eigenvalue weighted by Crippen LogP contribution is -2.11. The Kier molecular flexibility index (Phi) is 4.72. The number of hydrogen-bond acceptors (Lipinski definition) is 4. The molecule has 0 amide bonds. The lowest BCUT2D eigenvalue weighted by molar-refractivity contribution is -0.385. The summed E-state index contributed by atoms with van der Waals surface area (Å²) in [6, 6.07) is 16.5. The molecule has 0 unspecified atom stereocenters. The third-order valence-electron chi connectivity index (χ3n) is 4.95. The Morgan fingerprint density at radius 3 is 2.07 bits per heavy atom. The summed E-state index contributed by atoms with van der Waals surface area (Å²) in [6.07, 6.45) is 2.67. The topological polar surface area (TPSA) is 78.8 Å². The molecule has 0 aliphatic carbocycles. The summed E-state index contributed by atoms with van der Waals surface area (Å²) >= 11 is 0. The molecule has 146 valence electrons. The first kappa shape index (κ1) is 18.6. The molecule has 0 atom stereocenters. The minimum absolute atomic E-state index is 0.0375. The zero-order chi connectivity index (χ0) is 20.5. The van der Waals surface area contributed by atoms with Crippen molar-refractivity contribution >= 4 is 5.69 Å². The molecular weight excluding hydrogens is 366 g/mol. The molecule has 2 aromatic carbocycles. The first-order valence-corrected chi connectivity index (χ1v) is 9.30. The van der Waals surface area contributed by atoms with Crippen LogP contribution in [0, 0.1) is 30.9 Å². The highest BCUT2D eigenvalue weighted by Gasteiger charge is 2.19. The largest absolute Gasteiger partial charge is 0.307 e. The van der Waals surface area contributed by atoms with Gasteiger partial charge in [-0.05, 0) is 20.8 Å². The normalized spacial score (nSPS) is 11.0. The van der Waals surface area contributed by atoms with Gasteiger partial charge >= 0.3 is 5.69 Å². The summed E-state index contributed by atoms with van der Waals surface area (Å²) in [7, 11) is 0. The van der Waals surface area contributed by atoms with Gasteiger partial charge in [0, 0.05) is 16.7 Å². The van der Waals surface area contributed by atoms with Crippen molar-refractivity contribution in [3.05, 3.63) is 87.7 Å². The molecule has 0 N–H and O–H groups in total. The number of hydrogen-bond donors (Lipinski definition) is 0. The van der Waals surface area contributed by atoms with E-state index in [1.807, 2.05) is 4.68 Å². The van der Waals surface area contributed by atoms with Gasteiger partial charge in [-0.1, -0.05) is 59.7 Å². The molecule has 0 saturated carbocycles. The smallest absolute Gasteiger partial charge is 0.258 e. The third-order valence-corrected chi connectivity index (χ3v) is 4.95. The minimum Gasteiger partial charge on any atom is -0.258 e. The SMILES string of the molecule is Cc1ccc(-c2nn(Cn3cc([N+](=O)[O-])cn3)c(-c3ccc(C)cc3)c2C)cc1. The van der Waals surface area contributed by atoms with Crippen LogP contribution >= 0.6 is 0 Å². The fourth-order valence-electron chi connectivity index (χ4n) is 3.38. The molecule has 2 heterocycles. The summed E-state index contributed by atoms with van der Waals surface area (Å²) in [5.74, 6) is 0. The maximum absolute atomic E-state index is 11.0. The van der Waals surface area contributed by atoms with E-state index in [2.05, 4.69) is 74.4 Å². The second-order valence-corrected chi connectivity index (χ2v) is 7.19. The van der Waals surface area contributed by atoms with Crippen molar-refractivity contribution in [2.45, 2.75) is 27.4 Å². The van der Waals surface area contributed by atoms with Crippen molar-refractivity contribution in [1.82, 2.24) is 19.6 Å². The summed E-state index contributed by atoms with van der Waals surface area (Å²) in [5, 5.41) is 20.0. The highest BCUT2D eigenvalue weighted by atomic mass is 16.6. The second-order valence-electron chi connectivity index (χ2n) is 7.19. The number of nitrogens with zero attached hydrogens (tertiary/aromatic N) is 5. The number of aromatic nitrogens is 4. The summed E-state index contributed by atoms with van der Waals surface area (Å²) < 4.78 is 3.38. The van der Waals surface area contributed by atoms with Crippen molar-refractivity contribution in [2.24, 2.45) is 0 Å². The van der Waals surface area contributed by atoms with Gasteiger partial charge in [0.1, 0.15) is 19.1 Å². The molecule has 0 radical (unpaired) electrons. The van der Waals surface area contributed by atoms with Crippen molar-refractivity contribution in [3.63, 3.8) is 0 Å². The van der Waals surface area contributed by atoms with E-state index in [0.717, 1.165) is 28.1 Å². The van der Waals surface area contributed by atoms with Crippen LogP contribution < -0.4 is 0 Å². The van der Waals surface area contributed by atoms with Crippen LogP contribution in [0.5, 0.6) is 0 Å². The van der Waals surface area contributed by atoms with E-state index < -0.39 is 4.92 Å². The Hall–Kier alpha value is -3.74. The maximum atomic E-state index is 11.0. The zero-order valence-corrected chi connectivity index (χ0v) is 16.5. The van der Waals surface area contributed by atoms with E-state index in [9.17, 15) is 10.1 Å². The first-order valence-electron chi connectivity index (χ1n) is 9.30. The van der Waals surface area contributed by atoms with Gasteiger partial charge in [0.25, 0.3) is 0 Å². The maximum Gasteiger partial charge on any atom is 0.307 e. The first-order chi connectivity index (χ1) is 13.9. The van der Waals surface area contributed by atoms with Crippen molar-refractivity contribution in [2.75, 3.05) is 0 Å². The number of nitro groups is 1. The van der Waals surface area contributed by atoms with Crippen LogP contribution in [0.25, 0.3) is 22.5 Å². The lowest BCUT2D eigenvalue weighted by Gasteiger charge is -2.09. The molecule has 2 aromatic heterocycles. The second kappa shape index (κ2) is 7.35. The molecule has 7 nitrogen and oxygen atoms in total. The zero-order valence-electron chi connectivity index (χ0n) is 16.5. The fourth-order valence-corrected chi connectivity index (χ4v) is 3.38. The summed E-state index contributed by atoms with van der Waals surface area (Å²) in [6.45, 7) is 6.44. The average Bonchev–Trinajstić information content (AvgIpc) is 3.29. The highest BCUT2D eigenvalue weighted by molar-refractivity contribution is 5.74. The van der Waals surface area contributed by atoms with Gasteiger partial charge in [-0.15, -0.1) is 0 Å². The molecule has 0 aliphatic rings. The Bertz CT molecular complexity index is 1170. The van der Waals surface area contributed by atoms with Gasteiger partial charge in [0.15, 0.2) is 0 Å². The Morgan fingerprint density at radius 1 is 0.931 bits per heavy atom. The fraction of sp³-hybridized carbons (Fsp3) is 0.182. The minimum atomic E-state index is -0.448. The van der Waals surface area contributed by atoms with Gasteiger partial charge in [-0.25, -0.2) is 9.36 Å². The van der Waals surface area contributed by atoms with Gasteiger partial charge in [-0.2, -0.15) is 10.2 Å². The number of aryl methyl sites for hydroxylation is 2. The molecular formula is C22H21N5O2. The van der Waals surface area contributed by atoms with E-state index >= 15 is 0 Å². The standard InChI is InChI=1S/C22H21N5O2/c1-15-4-8-18(9-5-15)21-17(3)22(19-10-6-16(2)7-11-19)26(24-21)14-25-13-20(12-23-25)27(28)29/h4-13H,14H2,1-3H3. The monoisotopic (exact) mass is 387 g/mol. The van der Waals surface area contributed by atoms with E-state index in [0.29, 0.717) is 0 Å². The highest BCUT2D eigenvalue weighted by Crippen LogP contribution is 2.32. The van der Waals surface area contributed by atoms with Crippen LogP contribution in [0.4, 0.5) is 5.69 Å². The molecule has 4 aromatic rings. The molecule has 29 heavy (non-hydrogen) atoms. The average molecular weight is 387 g/mol. The van der Waals surface area contributed by atoms with E-state index in [1.165, 1.54) is 28.2 Å². The number of rotatable bonds is 5. The van der Waals surface area contributed by atoms with Crippen LogP contribution in [-0.2, 0) is 6.67 Å². The molecule has 0 saturated heterocycles. The van der Waals surface area contributed by atoms with Gasteiger partial charge < -0.3 is 0 Å². The van der Waals surface area contributed by atoms with Crippen LogP contribution in [-0.4, -0.2) is 24.5 Å². The van der Waals surface area contributed by atoms with Crippen molar-refractivity contribution in [3.8, 4) is 22.5 Å². The van der Waals surface area contributed by atoms with Crippen molar-refractivity contribution < 1.29 is 4.92 Å². The molecule has 0 aliphatic heterocycles. The van der Waals surface area contributed by atoms with Crippen LogP contribution in [0.3, 0.4) is 0 Å². The molecule has 4 rings (SSSR count). The van der Waals surface area contributed by atoms with Gasteiger partial charge in [0.05, 0.1) is 16.3 Å². The quantitative estimate of drug-likeness (QED) is 0.365. The van der Waals surface area contributed by atoms with Crippen LogP contribution in [0.15, 0.2) is 60.9 Å². The Labute approximate surface area is 168 Å². The van der Waals surface area contributed by atoms with Gasteiger partial charge in [0.2, 0.25) is 0 Å². The van der Waals surface area contributed by atoms with Crippen LogP contribution in [0.2, 0.25) is 0 Å². The Balaban J connectivity index is 1.83. The predicted octanol–water partition coefficient (Wildman–Crippen LogP) is 4.75. The lowest BCUT2D eigenvalue weighted by atomic mass is 10.0. The van der Waals surface area contributed by atoms with E-state index in [1.54, 1.807) is 0 Å². The number of benzene rings is 2. The molecule has 0 fully saturated rings. The van der Waals surface area contributed by atoms with Crippen molar-refractivity contribution in [1.29, 1.82) is 0 Å². The van der Waals surface area contributed by atoms with E-state index in [-0.39, 0.29) is 12.4 Å². The summed E-state index contributed by atoms with van der Waals surface area (Å²) in [4.78, 5) is 10.5. The Morgan fingerprint density at radius 2 is 1.52 bits per heavy atom. The van der Waals surface area contributed by atoms with E-state index in [4.69, 9.17) is 5.10 Å².